The molecule has 0 radical (unpaired) electrons. The summed E-state index contributed by atoms with van der Waals surface area (Å²) >= 11 is 1.37. The summed E-state index contributed by atoms with van der Waals surface area (Å²) in [6.07, 6.45) is 2.10. The van der Waals surface area contributed by atoms with Crippen LogP contribution in [-0.4, -0.2) is 35.0 Å². The second-order valence-corrected chi connectivity index (χ2v) is 5.67. The van der Waals surface area contributed by atoms with E-state index in [4.69, 9.17) is 4.52 Å². The third-order valence-corrected chi connectivity index (χ3v) is 3.89. The van der Waals surface area contributed by atoms with Crippen molar-refractivity contribution in [3.8, 4) is 0 Å². The highest BCUT2D eigenvalue weighted by Gasteiger charge is 2.29. The molecule has 0 spiro atoms. The highest BCUT2D eigenvalue weighted by Crippen LogP contribution is 2.37. The zero-order valence-electron chi connectivity index (χ0n) is 11.2. The van der Waals surface area contributed by atoms with Crippen LogP contribution in [0.15, 0.2) is 22.0 Å². The van der Waals surface area contributed by atoms with Crippen molar-refractivity contribution in [1.29, 1.82) is 0 Å². The van der Waals surface area contributed by atoms with E-state index in [1.165, 1.54) is 11.3 Å². The molecule has 2 aromatic heterocycles. The second kappa shape index (κ2) is 6.04. The van der Waals surface area contributed by atoms with Crippen molar-refractivity contribution in [2.75, 3.05) is 13.1 Å². The van der Waals surface area contributed by atoms with Crippen molar-refractivity contribution in [1.82, 2.24) is 20.8 Å². The van der Waals surface area contributed by atoms with Crippen LogP contribution in [0.5, 0.6) is 0 Å². The highest BCUT2D eigenvalue weighted by atomic mass is 32.1. The Bertz CT molecular complexity index is 634. The first-order valence-corrected chi connectivity index (χ1v) is 7.55. The number of nitrogens with zero attached hydrogens (tertiary/aromatic N) is 2. The van der Waals surface area contributed by atoms with E-state index in [2.05, 4.69) is 20.8 Å². The molecule has 2 amide bonds. The van der Waals surface area contributed by atoms with E-state index >= 15 is 0 Å². The standard InChI is InChI=1S/C13H14N4O3S/c18-11(9-2-1-7-21-9)14-5-6-15-12(19)13-16-10(17-20-13)8-3-4-8/h1-2,7-8H,3-6H2,(H,14,18)(H,15,19). The molecule has 8 heteroatoms. The molecule has 1 fully saturated rings. The van der Waals surface area contributed by atoms with E-state index in [1.54, 1.807) is 6.07 Å². The lowest BCUT2D eigenvalue weighted by molar-refractivity contribution is 0.0899. The van der Waals surface area contributed by atoms with Gasteiger partial charge in [-0.25, -0.2) is 0 Å². The lowest BCUT2D eigenvalue weighted by Gasteiger charge is -2.04. The minimum Gasteiger partial charge on any atom is -0.350 e. The van der Waals surface area contributed by atoms with Crippen molar-refractivity contribution in [2.24, 2.45) is 0 Å². The summed E-state index contributed by atoms with van der Waals surface area (Å²) < 4.78 is 4.91. The Kier molecular flexibility index (Phi) is 3.96. The van der Waals surface area contributed by atoms with Crippen LogP contribution in [0.1, 0.15) is 44.9 Å². The smallest absolute Gasteiger partial charge is 0.315 e. The number of carbonyl (C=O) groups is 2. The third-order valence-electron chi connectivity index (χ3n) is 3.02. The van der Waals surface area contributed by atoms with Gasteiger partial charge in [-0.15, -0.1) is 11.3 Å². The maximum atomic E-state index is 11.8. The van der Waals surface area contributed by atoms with Crippen molar-refractivity contribution < 1.29 is 14.1 Å². The molecular weight excluding hydrogens is 292 g/mol. The Morgan fingerprint density at radius 2 is 2.05 bits per heavy atom. The number of hydrogen-bond donors (Lipinski definition) is 2. The fourth-order valence-corrected chi connectivity index (χ4v) is 2.40. The molecule has 110 valence electrons. The van der Waals surface area contributed by atoms with E-state index in [-0.39, 0.29) is 11.8 Å². The van der Waals surface area contributed by atoms with E-state index in [0.29, 0.717) is 29.7 Å². The first kappa shape index (κ1) is 13.7. The molecule has 2 heterocycles. The molecule has 1 saturated carbocycles. The lowest BCUT2D eigenvalue weighted by Crippen LogP contribution is -2.34. The number of carbonyl (C=O) groups excluding carboxylic acids is 2. The normalized spacial score (nSPS) is 13.9. The fraction of sp³-hybridized carbons (Fsp3) is 0.385. The molecule has 1 aliphatic carbocycles. The van der Waals surface area contributed by atoms with Crippen molar-refractivity contribution in [3.63, 3.8) is 0 Å². The third kappa shape index (κ3) is 3.46. The number of rotatable bonds is 6. The molecule has 0 aromatic carbocycles. The fourth-order valence-electron chi connectivity index (χ4n) is 1.76. The number of thiophene rings is 1. The zero-order chi connectivity index (χ0) is 14.7. The average Bonchev–Trinajstić information content (AvgIpc) is 3.02. The minimum atomic E-state index is -0.417. The number of aromatic nitrogens is 2. The zero-order valence-corrected chi connectivity index (χ0v) is 12.0. The van der Waals surface area contributed by atoms with Gasteiger partial charge in [-0.3, -0.25) is 9.59 Å². The molecule has 21 heavy (non-hydrogen) atoms. The molecule has 1 aliphatic rings. The number of amides is 2. The van der Waals surface area contributed by atoms with Crippen LogP contribution in [0, 0.1) is 0 Å². The Balaban J connectivity index is 1.40. The molecule has 3 rings (SSSR count). The Morgan fingerprint density at radius 3 is 2.71 bits per heavy atom. The van der Waals surface area contributed by atoms with E-state index < -0.39 is 5.91 Å². The summed E-state index contributed by atoms with van der Waals surface area (Å²) in [5.74, 6) is 0.362. The SMILES string of the molecule is O=C(NCCNC(=O)c1cccs1)c1nc(C2CC2)no1. The Morgan fingerprint density at radius 1 is 1.29 bits per heavy atom. The molecule has 0 bridgehead atoms. The van der Waals surface area contributed by atoms with Crippen molar-refractivity contribution in [2.45, 2.75) is 18.8 Å². The second-order valence-electron chi connectivity index (χ2n) is 4.72. The minimum absolute atomic E-state index is 0.0264. The van der Waals surface area contributed by atoms with Crippen LogP contribution >= 0.6 is 11.3 Å². The van der Waals surface area contributed by atoms with Crippen molar-refractivity contribution in [3.05, 3.63) is 34.1 Å². The molecule has 0 atom stereocenters. The summed E-state index contributed by atoms with van der Waals surface area (Å²) in [6, 6.07) is 3.56. The molecule has 0 saturated heterocycles. The largest absolute Gasteiger partial charge is 0.350 e. The van der Waals surface area contributed by atoms with Gasteiger partial charge in [-0.05, 0) is 24.3 Å². The lowest BCUT2D eigenvalue weighted by atomic mass is 10.4. The van der Waals surface area contributed by atoms with E-state index in [9.17, 15) is 9.59 Å². The summed E-state index contributed by atoms with van der Waals surface area (Å²) in [6.45, 7) is 0.642. The van der Waals surface area contributed by atoms with Crippen LogP contribution in [0.2, 0.25) is 0 Å². The van der Waals surface area contributed by atoms with Gasteiger partial charge in [-0.1, -0.05) is 11.2 Å². The maximum absolute atomic E-state index is 11.8. The summed E-state index contributed by atoms with van der Waals surface area (Å²) in [7, 11) is 0. The van der Waals surface area contributed by atoms with Gasteiger partial charge < -0.3 is 15.2 Å². The average molecular weight is 306 g/mol. The predicted octanol–water partition coefficient (Wildman–Crippen LogP) is 1.17. The number of nitrogens with one attached hydrogen (secondary N) is 2. The van der Waals surface area contributed by atoms with Gasteiger partial charge in [-0.2, -0.15) is 4.98 Å². The highest BCUT2D eigenvalue weighted by molar-refractivity contribution is 7.12. The molecule has 2 N–H and O–H groups in total. The van der Waals surface area contributed by atoms with Gasteiger partial charge in [0.1, 0.15) is 0 Å². The summed E-state index contributed by atoms with van der Waals surface area (Å²) in [5.41, 5.74) is 0. The van der Waals surface area contributed by atoms with E-state index in [1.807, 2.05) is 11.4 Å². The Hall–Kier alpha value is -2.22. The Labute approximate surface area is 124 Å². The summed E-state index contributed by atoms with van der Waals surface area (Å²) in [5, 5.41) is 11.0. The maximum Gasteiger partial charge on any atom is 0.315 e. The van der Waals surface area contributed by atoms with Crippen LogP contribution in [0.3, 0.4) is 0 Å². The molecule has 2 aromatic rings. The van der Waals surface area contributed by atoms with Gasteiger partial charge in [0.25, 0.3) is 5.91 Å². The quantitative estimate of drug-likeness (QED) is 0.781. The predicted molar refractivity (Wildman–Crippen MR) is 75.3 cm³/mol. The van der Waals surface area contributed by atoms with Crippen LogP contribution in [0.25, 0.3) is 0 Å². The summed E-state index contributed by atoms with van der Waals surface area (Å²) in [4.78, 5) is 28.1. The van der Waals surface area contributed by atoms with Crippen molar-refractivity contribution >= 4 is 23.2 Å². The van der Waals surface area contributed by atoms with Gasteiger partial charge >= 0.3 is 11.8 Å². The van der Waals surface area contributed by atoms with Gasteiger partial charge in [0, 0.05) is 19.0 Å². The molecule has 0 aliphatic heterocycles. The van der Waals surface area contributed by atoms with Gasteiger partial charge in [0.05, 0.1) is 4.88 Å². The monoisotopic (exact) mass is 306 g/mol. The van der Waals surface area contributed by atoms with Crippen LogP contribution in [-0.2, 0) is 0 Å². The van der Waals surface area contributed by atoms with E-state index in [0.717, 1.165) is 12.8 Å². The van der Waals surface area contributed by atoms with Crippen LogP contribution in [0.4, 0.5) is 0 Å². The topological polar surface area (TPSA) is 97.1 Å². The number of hydrogen-bond acceptors (Lipinski definition) is 6. The first-order chi connectivity index (χ1) is 10.2. The van der Waals surface area contributed by atoms with Gasteiger partial charge in [0.2, 0.25) is 0 Å². The molecular formula is C13H14N4O3S. The van der Waals surface area contributed by atoms with Gasteiger partial charge in [0.15, 0.2) is 5.82 Å². The van der Waals surface area contributed by atoms with Crippen LogP contribution < -0.4 is 10.6 Å². The first-order valence-electron chi connectivity index (χ1n) is 6.67. The molecule has 7 nitrogen and oxygen atoms in total. The molecule has 0 unspecified atom stereocenters.